The van der Waals surface area contributed by atoms with Gasteiger partial charge in [-0.05, 0) is 42.3 Å². The van der Waals surface area contributed by atoms with Gasteiger partial charge < -0.3 is 4.74 Å². The largest absolute Gasteiger partial charge is 0.465 e. The molecule has 3 aromatic rings. The lowest BCUT2D eigenvalue weighted by atomic mass is 9.99. The van der Waals surface area contributed by atoms with Crippen LogP contribution in [-0.2, 0) is 19.6 Å². The SMILES string of the molecule is CCOC(=O)[C@H](NS(=O)(=O)c1ccc(C)cc1)c1cccc2ccccc12. The van der Waals surface area contributed by atoms with Crippen LogP contribution in [0.2, 0.25) is 0 Å². The van der Waals surface area contributed by atoms with Crippen LogP contribution in [-0.4, -0.2) is 21.0 Å². The molecule has 1 atom stereocenters. The Morgan fingerprint density at radius 3 is 2.37 bits per heavy atom. The molecular formula is C21H21NO4S. The minimum atomic E-state index is -3.91. The van der Waals surface area contributed by atoms with Gasteiger partial charge in [-0.1, -0.05) is 60.2 Å². The highest BCUT2D eigenvalue weighted by Gasteiger charge is 2.29. The Balaban J connectivity index is 2.06. The van der Waals surface area contributed by atoms with Gasteiger partial charge in [-0.2, -0.15) is 4.72 Å². The Bertz CT molecular complexity index is 1050. The van der Waals surface area contributed by atoms with Gasteiger partial charge in [0.2, 0.25) is 10.0 Å². The lowest BCUT2D eigenvalue weighted by molar-refractivity contribution is -0.145. The zero-order valence-electron chi connectivity index (χ0n) is 15.2. The van der Waals surface area contributed by atoms with Crippen molar-refractivity contribution in [2.75, 3.05) is 6.61 Å². The summed E-state index contributed by atoms with van der Waals surface area (Å²) in [7, 11) is -3.91. The molecule has 5 nitrogen and oxygen atoms in total. The third kappa shape index (κ3) is 4.18. The van der Waals surface area contributed by atoms with Gasteiger partial charge in [-0.3, -0.25) is 0 Å². The molecule has 3 rings (SSSR count). The maximum atomic E-state index is 12.9. The highest BCUT2D eigenvalue weighted by atomic mass is 32.2. The van der Waals surface area contributed by atoms with E-state index in [2.05, 4.69) is 4.72 Å². The first-order valence-electron chi connectivity index (χ1n) is 8.65. The van der Waals surface area contributed by atoms with Gasteiger partial charge in [0, 0.05) is 0 Å². The Morgan fingerprint density at radius 2 is 1.67 bits per heavy atom. The predicted molar refractivity (Wildman–Crippen MR) is 105 cm³/mol. The van der Waals surface area contributed by atoms with E-state index in [9.17, 15) is 13.2 Å². The second-order valence-electron chi connectivity index (χ2n) is 6.19. The number of ether oxygens (including phenoxy) is 1. The Hall–Kier alpha value is -2.70. The standard InChI is InChI=1S/C21H21NO4S/c1-3-26-21(23)20(19-10-6-8-16-7-4-5-9-18(16)19)22-27(24,25)17-13-11-15(2)12-14-17/h4-14,20,22H,3H2,1-2H3/t20-/m1/s1. The molecule has 0 aliphatic heterocycles. The number of hydrogen-bond acceptors (Lipinski definition) is 4. The summed E-state index contributed by atoms with van der Waals surface area (Å²) in [6.45, 7) is 3.72. The van der Waals surface area contributed by atoms with Gasteiger partial charge in [0.25, 0.3) is 0 Å². The third-order valence-corrected chi connectivity index (χ3v) is 5.70. The van der Waals surface area contributed by atoms with Crippen molar-refractivity contribution in [1.29, 1.82) is 0 Å². The molecule has 0 saturated carbocycles. The number of benzene rings is 3. The van der Waals surface area contributed by atoms with Gasteiger partial charge >= 0.3 is 5.97 Å². The average molecular weight is 383 g/mol. The minimum Gasteiger partial charge on any atom is -0.465 e. The van der Waals surface area contributed by atoms with Crippen LogP contribution in [0, 0.1) is 6.92 Å². The van der Waals surface area contributed by atoms with E-state index < -0.39 is 22.0 Å². The van der Waals surface area contributed by atoms with E-state index in [1.807, 2.05) is 37.3 Å². The van der Waals surface area contributed by atoms with Crippen molar-refractivity contribution in [3.63, 3.8) is 0 Å². The molecule has 0 aliphatic rings. The molecule has 0 heterocycles. The summed E-state index contributed by atoms with van der Waals surface area (Å²) in [5.41, 5.74) is 1.51. The van der Waals surface area contributed by atoms with Crippen molar-refractivity contribution in [1.82, 2.24) is 4.72 Å². The number of rotatable bonds is 6. The quantitative estimate of drug-likeness (QED) is 0.658. The van der Waals surface area contributed by atoms with E-state index in [-0.39, 0.29) is 11.5 Å². The van der Waals surface area contributed by atoms with Crippen molar-refractivity contribution >= 4 is 26.8 Å². The number of carbonyl (C=O) groups excluding carboxylic acids is 1. The zero-order valence-corrected chi connectivity index (χ0v) is 16.0. The van der Waals surface area contributed by atoms with Crippen LogP contribution in [0.5, 0.6) is 0 Å². The summed E-state index contributed by atoms with van der Waals surface area (Å²) >= 11 is 0. The molecule has 1 N–H and O–H groups in total. The molecule has 0 aliphatic carbocycles. The summed E-state index contributed by atoms with van der Waals surface area (Å²) in [6.07, 6.45) is 0. The van der Waals surface area contributed by atoms with Crippen LogP contribution in [0.4, 0.5) is 0 Å². The highest BCUT2D eigenvalue weighted by Crippen LogP contribution is 2.27. The fourth-order valence-corrected chi connectivity index (χ4v) is 4.07. The van der Waals surface area contributed by atoms with Gasteiger partial charge in [-0.15, -0.1) is 0 Å². The Morgan fingerprint density at radius 1 is 1.00 bits per heavy atom. The molecule has 0 fully saturated rings. The van der Waals surface area contributed by atoms with Crippen molar-refractivity contribution in [2.24, 2.45) is 0 Å². The highest BCUT2D eigenvalue weighted by molar-refractivity contribution is 7.89. The fraction of sp³-hybridized carbons (Fsp3) is 0.190. The molecular weight excluding hydrogens is 362 g/mol. The van der Waals surface area contributed by atoms with E-state index in [4.69, 9.17) is 4.74 Å². The number of carbonyl (C=O) groups is 1. The van der Waals surface area contributed by atoms with Gasteiger partial charge in [0.1, 0.15) is 6.04 Å². The summed E-state index contributed by atoms with van der Waals surface area (Å²) in [4.78, 5) is 12.7. The monoisotopic (exact) mass is 383 g/mol. The average Bonchev–Trinajstić information content (AvgIpc) is 2.66. The van der Waals surface area contributed by atoms with Crippen LogP contribution < -0.4 is 4.72 Å². The van der Waals surface area contributed by atoms with Crippen molar-refractivity contribution in [3.05, 3.63) is 77.9 Å². The van der Waals surface area contributed by atoms with E-state index in [0.717, 1.165) is 16.3 Å². The molecule has 140 valence electrons. The lowest BCUT2D eigenvalue weighted by Crippen LogP contribution is -2.35. The molecule has 27 heavy (non-hydrogen) atoms. The van der Waals surface area contributed by atoms with Crippen LogP contribution in [0.1, 0.15) is 24.1 Å². The lowest BCUT2D eigenvalue weighted by Gasteiger charge is -2.19. The van der Waals surface area contributed by atoms with Gasteiger partial charge in [-0.25, -0.2) is 13.2 Å². The van der Waals surface area contributed by atoms with E-state index in [1.165, 1.54) is 12.1 Å². The number of aryl methyl sites for hydroxylation is 1. The van der Waals surface area contributed by atoms with Gasteiger partial charge in [0.15, 0.2) is 0 Å². The summed E-state index contributed by atoms with van der Waals surface area (Å²) in [5, 5.41) is 1.71. The summed E-state index contributed by atoms with van der Waals surface area (Å²) < 4.78 is 33.4. The summed E-state index contributed by atoms with van der Waals surface area (Å²) in [5.74, 6) is -0.635. The van der Waals surface area contributed by atoms with E-state index in [1.54, 1.807) is 31.2 Å². The van der Waals surface area contributed by atoms with Crippen LogP contribution in [0.15, 0.2) is 71.6 Å². The molecule has 0 radical (unpaired) electrons. The van der Waals surface area contributed by atoms with Crippen molar-refractivity contribution in [3.8, 4) is 0 Å². The Kier molecular flexibility index (Phi) is 5.58. The molecule has 0 spiro atoms. The Labute approximate surface area is 159 Å². The van der Waals surface area contributed by atoms with E-state index >= 15 is 0 Å². The number of esters is 1. The van der Waals surface area contributed by atoms with Gasteiger partial charge in [0.05, 0.1) is 11.5 Å². The zero-order chi connectivity index (χ0) is 19.4. The van der Waals surface area contributed by atoms with E-state index in [0.29, 0.717) is 5.56 Å². The topological polar surface area (TPSA) is 72.5 Å². The number of sulfonamides is 1. The van der Waals surface area contributed by atoms with Crippen LogP contribution in [0.25, 0.3) is 10.8 Å². The number of nitrogens with one attached hydrogen (secondary N) is 1. The first kappa shape index (κ1) is 19.1. The first-order chi connectivity index (χ1) is 12.9. The van der Waals surface area contributed by atoms with Crippen LogP contribution >= 0.6 is 0 Å². The second-order valence-corrected chi connectivity index (χ2v) is 7.90. The maximum absolute atomic E-state index is 12.9. The number of hydrogen-bond donors (Lipinski definition) is 1. The molecule has 6 heteroatoms. The first-order valence-corrected chi connectivity index (χ1v) is 10.1. The third-order valence-electron chi connectivity index (χ3n) is 4.26. The predicted octanol–water partition coefficient (Wildman–Crippen LogP) is 3.73. The minimum absolute atomic E-state index is 0.0997. The maximum Gasteiger partial charge on any atom is 0.328 e. The molecule has 0 aromatic heterocycles. The normalized spacial score (nSPS) is 12.7. The summed E-state index contributed by atoms with van der Waals surface area (Å²) in [6, 6.07) is 18.3. The van der Waals surface area contributed by atoms with Crippen LogP contribution in [0.3, 0.4) is 0 Å². The molecule has 0 bridgehead atoms. The fourth-order valence-electron chi connectivity index (χ4n) is 2.91. The van der Waals surface area contributed by atoms with Crippen molar-refractivity contribution < 1.29 is 17.9 Å². The molecule has 3 aromatic carbocycles. The molecule has 0 amide bonds. The molecule has 0 saturated heterocycles. The molecule has 0 unspecified atom stereocenters. The second kappa shape index (κ2) is 7.90. The van der Waals surface area contributed by atoms with Crippen molar-refractivity contribution in [2.45, 2.75) is 24.8 Å². The smallest absolute Gasteiger partial charge is 0.328 e. The number of fused-ring (bicyclic) bond motifs is 1.